The van der Waals surface area contributed by atoms with Crippen molar-refractivity contribution in [2.45, 2.75) is 13.1 Å². The number of aromatic nitrogens is 4. The summed E-state index contributed by atoms with van der Waals surface area (Å²) in [6.07, 6.45) is 5.37. The molecule has 0 unspecified atom stereocenters. The Labute approximate surface area is 164 Å². The van der Waals surface area contributed by atoms with Crippen molar-refractivity contribution in [3.8, 4) is 0 Å². The number of fused-ring (bicyclic) bond motifs is 1. The third-order valence-electron chi connectivity index (χ3n) is 4.10. The third kappa shape index (κ3) is 3.71. The first-order valence-corrected chi connectivity index (χ1v) is 8.69. The first kappa shape index (κ1) is 18.4. The fourth-order valence-corrected chi connectivity index (χ4v) is 3.24. The lowest BCUT2D eigenvalue weighted by Gasteiger charge is -2.07. The predicted molar refractivity (Wildman–Crippen MR) is 108 cm³/mol. The van der Waals surface area contributed by atoms with E-state index in [1.54, 1.807) is 29.1 Å². The van der Waals surface area contributed by atoms with E-state index in [4.69, 9.17) is 0 Å². The van der Waals surface area contributed by atoms with Gasteiger partial charge in [-0.3, -0.25) is 14.5 Å². The van der Waals surface area contributed by atoms with Gasteiger partial charge in [-0.05, 0) is 33.6 Å². The van der Waals surface area contributed by atoms with E-state index >= 15 is 0 Å². The molecule has 4 rings (SSSR count). The summed E-state index contributed by atoms with van der Waals surface area (Å²) in [7, 11) is 0. The molecule has 0 amide bonds. The normalized spacial score (nSPS) is 10.7. The van der Waals surface area contributed by atoms with E-state index in [0.717, 1.165) is 21.1 Å². The Hall–Kier alpha value is -2.44. The van der Waals surface area contributed by atoms with E-state index in [1.165, 1.54) is 5.56 Å². The van der Waals surface area contributed by atoms with Gasteiger partial charge in [-0.25, -0.2) is 0 Å². The van der Waals surface area contributed by atoms with Crippen molar-refractivity contribution in [1.29, 1.82) is 0 Å². The topological polar surface area (TPSA) is 52.7 Å². The lowest BCUT2D eigenvalue weighted by molar-refractivity contribution is 0.711. The molecule has 5 nitrogen and oxygen atoms in total. The van der Waals surface area contributed by atoms with E-state index < -0.39 is 0 Å². The lowest BCUT2D eigenvalue weighted by atomic mass is 10.2. The summed E-state index contributed by atoms with van der Waals surface area (Å²) >= 11 is 3.40. The van der Waals surface area contributed by atoms with Crippen molar-refractivity contribution in [3.63, 3.8) is 0 Å². The second-order valence-corrected chi connectivity index (χ2v) is 6.71. The van der Waals surface area contributed by atoms with Crippen molar-refractivity contribution >= 4 is 39.2 Å². The summed E-state index contributed by atoms with van der Waals surface area (Å²) in [5.41, 5.74) is 2.97. The summed E-state index contributed by atoms with van der Waals surface area (Å²) in [4.78, 5) is 16.5. The molecule has 0 aliphatic carbocycles. The fourth-order valence-electron chi connectivity index (χ4n) is 2.86. The number of nitrogens with zero attached hydrogens (tertiary/aromatic N) is 4. The predicted octanol–water partition coefficient (Wildman–Crippen LogP) is 3.87. The molecule has 0 N–H and O–H groups in total. The molecule has 132 valence electrons. The fraction of sp³-hybridized carbons (Fsp3) is 0.105. The molecule has 3 aromatic heterocycles. The quantitative estimate of drug-likeness (QED) is 0.493. The molecule has 0 spiro atoms. The van der Waals surface area contributed by atoms with Crippen LogP contribution in [-0.4, -0.2) is 19.3 Å². The molecule has 0 saturated heterocycles. The van der Waals surface area contributed by atoms with Crippen molar-refractivity contribution in [2.24, 2.45) is 0 Å². The van der Waals surface area contributed by atoms with Gasteiger partial charge in [0.15, 0.2) is 0 Å². The van der Waals surface area contributed by atoms with Crippen LogP contribution in [0.2, 0.25) is 0 Å². The first-order valence-electron chi connectivity index (χ1n) is 7.90. The minimum absolute atomic E-state index is 0. The van der Waals surface area contributed by atoms with Crippen LogP contribution in [0.15, 0.2) is 76.4 Å². The van der Waals surface area contributed by atoms with E-state index in [-0.39, 0.29) is 18.0 Å². The number of benzene rings is 1. The van der Waals surface area contributed by atoms with Crippen LogP contribution in [0.4, 0.5) is 0 Å². The van der Waals surface area contributed by atoms with E-state index in [2.05, 4.69) is 38.1 Å². The standard InChI is InChI=1S/C19H15BrN4O.ClH/c20-15-6-7-19(25)23(12-15)13-17-16-10-22-24(18(16)8-9-21-17)11-14-4-2-1-3-5-14;/h1-10,12H,11,13H2;1H. The molecular formula is C19H16BrClN4O. The van der Waals surface area contributed by atoms with E-state index in [9.17, 15) is 4.79 Å². The second-order valence-electron chi connectivity index (χ2n) is 5.79. The number of halogens is 2. The Kier molecular flexibility index (Phi) is 5.54. The van der Waals surface area contributed by atoms with Gasteiger partial charge in [0.05, 0.1) is 30.5 Å². The van der Waals surface area contributed by atoms with Gasteiger partial charge < -0.3 is 4.57 Å². The summed E-state index contributed by atoms with van der Waals surface area (Å²) in [5.74, 6) is 0. The lowest BCUT2D eigenvalue weighted by Crippen LogP contribution is -2.19. The molecule has 0 fully saturated rings. The molecule has 7 heteroatoms. The summed E-state index contributed by atoms with van der Waals surface area (Å²) in [5, 5.41) is 5.48. The minimum atomic E-state index is -0.0568. The van der Waals surface area contributed by atoms with Crippen molar-refractivity contribution in [3.05, 3.63) is 93.2 Å². The van der Waals surface area contributed by atoms with Crippen LogP contribution in [0, 0.1) is 0 Å². The summed E-state index contributed by atoms with van der Waals surface area (Å²) in [6, 6.07) is 15.4. The van der Waals surface area contributed by atoms with Crippen LogP contribution >= 0.6 is 28.3 Å². The van der Waals surface area contributed by atoms with Crippen LogP contribution in [0.1, 0.15) is 11.3 Å². The Balaban J connectivity index is 0.00000196. The molecule has 26 heavy (non-hydrogen) atoms. The number of pyridine rings is 2. The SMILES string of the molecule is Cl.O=c1ccc(Br)cn1Cc1nccc2c1cnn2Cc1ccccc1. The minimum Gasteiger partial charge on any atom is -0.308 e. The first-order chi connectivity index (χ1) is 12.2. The zero-order chi connectivity index (χ0) is 17.2. The van der Waals surface area contributed by atoms with Crippen molar-refractivity contribution in [2.75, 3.05) is 0 Å². The molecule has 0 atom stereocenters. The van der Waals surface area contributed by atoms with Gasteiger partial charge in [-0.2, -0.15) is 5.10 Å². The molecule has 0 bridgehead atoms. The van der Waals surface area contributed by atoms with E-state index in [0.29, 0.717) is 13.1 Å². The molecule has 0 radical (unpaired) electrons. The summed E-state index contributed by atoms with van der Waals surface area (Å²) in [6.45, 7) is 1.11. The molecule has 0 aliphatic heterocycles. The third-order valence-corrected chi connectivity index (χ3v) is 4.57. The van der Waals surface area contributed by atoms with Gasteiger partial charge in [-0.15, -0.1) is 12.4 Å². The highest BCUT2D eigenvalue weighted by molar-refractivity contribution is 9.10. The maximum atomic E-state index is 12.1. The molecule has 1 aromatic carbocycles. The van der Waals surface area contributed by atoms with Crippen LogP contribution in [-0.2, 0) is 13.1 Å². The van der Waals surface area contributed by atoms with Gasteiger partial charge in [0.1, 0.15) is 0 Å². The monoisotopic (exact) mass is 430 g/mol. The van der Waals surface area contributed by atoms with Gasteiger partial charge in [0, 0.05) is 28.3 Å². The second kappa shape index (κ2) is 7.85. The number of rotatable bonds is 4. The number of hydrogen-bond acceptors (Lipinski definition) is 3. The Morgan fingerprint density at radius 1 is 1.00 bits per heavy atom. The average Bonchev–Trinajstić information content (AvgIpc) is 3.03. The van der Waals surface area contributed by atoms with Crippen molar-refractivity contribution < 1.29 is 0 Å². The van der Waals surface area contributed by atoms with Crippen LogP contribution in [0.3, 0.4) is 0 Å². The Morgan fingerprint density at radius 3 is 2.62 bits per heavy atom. The zero-order valence-electron chi connectivity index (χ0n) is 13.7. The molecule has 4 aromatic rings. The molecule has 0 saturated carbocycles. The molecule has 3 heterocycles. The molecule has 0 aliphatic rings. The average molecular weight is 432 g/mol. The zero-order valence-corrected chi connectivity index (χ0v) is 16.2. The van der Waals surface area contributed by atoms with Crippen LogP contribution < -0.4 is 5.56 Å². The van der Waals surface area contributed by atoms with Gasteiger partial charge in [-0.1, -0.05) is 30.3 Å². The highest BCUT2D eigenvalue weighted by atomic mass is 79.9. The maximum Gasteiger partial charge on any atom is 0.250 e. The highest BCUT2D eigenvalue weighted by Crippen LogP contribution is 2.18. The highest BCUT2D eigenvalue weighted by Gasteiger charge is 2.10. The number of hydrogen-bond donors (Lipinski definition) is 0. The maximum absolute atomic E-state index is 12.1. The smallest absolute Gasteiger partial charge is 0.250 e. The van der Waals surface area contributed by atoms with Crippen LogP contribution in [0.25, 0.3) is 10.9 Å². The van der Waals surface area contributed by atoms with Gasteiger partial charge in [0.25, 0.3) is 5.56 Å². The Bertz CT molecular complexity index is 1090. The largest absolute Gasteiger partial charge is 0.308 e. The van der Waals surface area contributed by atoms with Gasteiger partial charge >= 0.3 is 0 Å². The van der Waals surface area contributed by atoms with Crippen molar-refractivity contribution in [1.82, 2.24) is 19.3 Å². The summed E-state index contributed by atoms with van der Waals surface area (Å²) < 4.78 is 4.46. The van der Waals surface area contributed by atoms with E-state index in [1.807, 2.05) is 35.1 Å². The van der Waals surface area contributed by atoms with Gasteiger partial charge in [0.2, 0.25) is 0 Å². The van der Waals surface area contributed by atoms with Crippen LogP contribution in [0.5, 0.6) is 0 Å². The Morgan fingerprint density at radius 2 is 1.81 bits per heavy atom. The molecular weight excluding hydrogens is 416 g/mol.